The molecule has 126 valence electrons. The number of unbranched alkanes of at least 4 members (excludes halogenated alkanes) is 1. The highest BCUT2D eigenvalue weighted by Gasteiger charge is 2.28. The number of hydrogen-bond donors (Lipinski definition) is 0. The van der Waals surface area contributed by atoms with Crippen molar-refractivity contribution in [1.82, 2.24) is 24.6 Å². The van der Waals surface area contributed by atoms with Crippen LogP contribution in [0.1, 0.15) is 69.5 Å². The first-order chi connectivity index (χ1) is 11.3. The van der Waals surface area contributed by atoms with Crippen LogP contribution >= 0.6 is 0 Å². The van der Waals surface area contributed by atoms with Crippen LogP contribution in [0.25, 0.3) is 0 Å². The number of aromatic nitrogens is 4. The molecule has 1 aliphatic heterocycles. The van der Waals surface area contributed by atoms with Gasteiger partial charge >= 0.3 is 0 Å². The minimum absolute atomic E-state index is 0.358. The number of nitrogens with zero attached hydrogens (tertiary/aromatic N) is 5. The van der Waals surface area contributed by atoms with E-state index in [4.69, 9.17) is 4.52 Å². The quantitative estimate of drug-likeness (QED) is 0.783. The second-order valence-corrected chi connectivity index (χ2v) is 6.26. The third kappa shape index (κ3) is 3.80. The molecule has 0 aromatic carbocycles. The molecule has 0 spiro atoms. The van der Waals surface area contributed by atoms with E-state index in [0.29, 0.717) is 6.04 Å². The third-order valence-electron chi connectivity index (χ3n) is 4.60. The van der Waals surface area contributed by atoms with Crippen molar-refractivity contribution in [2.75, 3.05) is 6.54 Å². The van der Waals surface area contributed by atoms with Crippen molar-refractivity contribution in [3.8, 4) is 0 Å². The molecule has 6 heteroatoms. The minimum atomic E-state index is 0.358. The summed E-state index contributed by atoms with van der Waals surface area (Å²) in [6.07, 6.45) is 10.7. The maximum atomic E-state index is 5.37. The van der Waals surface area contributed by atoms with Gasteiger partial charge in [-0.3, -0.25) is 4.90 Å². The van der Waals surface area contributed by atoms with Crippen molar-refractivity contribution in [2.45, 2.75) is 71.5 Å². The van der Waals surface area contributed by atoms with Crippen LogP contribution in [0.5, 0.6) is 0 Å². The molecule has 0 aliphatic carbocycles. The van der Waals surface area contributed by atoms with Gasteiger partial charge in [-0.25, -0.2) is 4.98 Å². The van der Waals surface area contributed by atoms with Crippen molar-refractivity contribution in [3.63, 3.8) is 0 Å². The molecule has 1 unspecified atom stereocenters. The second-order valence-electron chi connectivity index (χ2n) is 6.26. The summed E-state index contributed by atoms with van der Waals surface area (Å²) >= 11 is 0. The summed E-state index contributed by atoms with van der Waals surface area (Å²) in [6.45, 7) is 7.11. The van der Waals surface area contributed by atoms with Gasteiger partial charge in [-0.1, -0.05) is 24.9 Å². The third-order valence-corrected chi connectivity index (χ3v) is 4.60. The van der Waals surface area contributed by atoms with E-state index in [2.05, 4.69) is 44.6 Å². The van der Waals surface area contributed by atoms with E-state index in [1.165, 1.54) is 18.7 Å². The molecule has 0 saturated carbocycles. The predicted octanol–water partition coefficient (Wildman–Crippen LogP) is 3.36. The molecule has 0 amide bonds. The summed E-state index contributed by atoms with van der Waals surface area (Å²) < 4.78 is 7.61. The molecule has 0 N–H and O–H groups in total. The standard InChI is InChI=1S/C17H27N5O/c1-3-5-9-16-19-15(20-23-16)13-22-11-7-6-8-14(22)17-18-10-12-21(17)4-2/h10,12,14H,3-9,11,13H2,1-2H3. The van der Waals surface area contributed by atoms with Crippen LogP contribution in [-0.2, 0) is 19.5 Å². The van der Waals surface area contributed by atoms with Crippen LogP contribution in [-0.4, -0.2) is 31.1 Å². The van der Waals surface area contributed by atoms with E-state index in [-0.39, 0.29) is 0 Å². The largest absolute Gasteiger partial charge is 0.339 e. The zero-order valence-electron chi connectivity index (χ0n) is 14.2. The molecular formula is C17H27N5O. The minimum Gasteiger partial charge on any atom is -0.339 e. The van der Waals surface area contributed by atoms with E-state index in [1.807, 2.05) is 6.20 Å². The smallest absolute Gasteiger partial charge is 0.226 e. The lowest BCUT2D eigenvalue weighted by Gasteiger charge is -2.34. The number of piperidine rings is 1. The summed E-state index contributed by atoms with van der Waals surface area (Å²) in [4.78, 5) is 11.6. The first kappa shape index (κ1) is 16.2. The SMILES string of the molecule is CCCCc1nc(CN2CCCCC2c2nccn2CC)no1. The van der Waals surface area contributed by atoms with E-state index >= 15 is 0 Å². The van der Waals surface area contributed by atoms with Gasteiger partial charge in [0.1, 0.15) is 5.82 Å². The molecule has 23 heavy (non-hydrogen) atoms. The van der Waals surface area contributed by atoms with Crippen LogP contribution in [0.3, 0.4) is 0 Å². The van der Waals surface area contributed by atoms with Crippen molar-refractivity contribution in [2.24, 2.45) is 0 Å². The Bertz CT molecular complexity index is 606. The Morgan fingerprint density at radius 2 is 2.22 bits per heavy atom. The molecule has 6 nitrogen and oxygen atoms in total. The lowest BCUT2D eigenvalue weighted by molar-refractivity contribution is 0.126. The van der Waals surface area contributed by atoms with Crippen molar-refractivity contribution in [1.29, 1.82) is 0 Å². The van der Waals surface area contributed by atoms with E-state index < -0.39 is 0 Å². The number of aryl methyl sites for hydroxylation is 2. The number of likely N-dealkylation sites (tertiary alicyclic amines) is 1. The Kier molecular flexibility index (Phi) is 5.43. The molecule has 2 aromatic heterocycles. The highest BCUT2D eigenvalue weighted by atomic mass is 16.5. The van der Waals surface area contributed by atoms with E-state index in [0.717, 1.165) is 57.0 Å². The normalized spacial score (nSPS) is 19.3. The molecule has 3 heterocycles. The van der Waals surface area contributed by atoms with Gasteiger partial charge < -0.3 is 9.09 Å². The van der Waals surface area contributed by atoms with Gasteiger partial charge in [-0.15, -0.1) is 0 Å². The van der Waals surface area contributed by atoms with Crippen LogP contribution in [0, 0.1) is 0 Å². The van der Waals surface area contributed by atoms with Crippen molar-refractivity contribution >= 4 is 0 Å². The van der Waals surface area contributed by atoms with Crippen LogP contribution in [0.4, 0.5) is 0 Å². The molecule has 1 saturated heterocycles. The van der Waals surface area contributed by atoms with Gasteiger partial charge in [-0.2, -0.15) is 4.98 Å². The zero-order chi connectivity index (χ0) is 16.1. The van der Waals surface area contributed by atoms with Gasteiger partial charge in [0.05, 0.1) is 12.6 Å². The fourth-order valence-electron chi connectivity index (χ4n) is 3.32. The van der Waals surface area contributed by atoms with Gasteiger partial charge in [-0.05, 0) is 32.7 Å². The van der Waals surface area contributed by atoms with Crippen LogP contribution in [0.15, 0.2) is 16.9 Å². The molecule has 3 rings (SSSR count). The Morgan fingerprint density at radius 1 is 1.30 bits per heavy atom. The van der Waals surface area contributed by atoms with Crippen molar-refractivity contribution < 1.29 is 4.52 Å². The predicted molar refractivity (Wildman–Crippen MR) is 87.8 cm³/mol. The Morgan fingerprint density at radius 3 is 3.04 bits per heavy atom. The Hall–Kier alpha value is -1.69. The van der Waals surface area contributed by atoms with Crippen LogP contribution in [0.2, 0.25) is 0 Å². The number of imidazole rings is 1. The highest BCUT2D eigenvalue weighted by Crippen LogP contribution is 2.30. The molecular weight excluding hydrogens is 290 g/mol. The molecule has 2 aromatic rings. The Labute approximate surface area is 137 Å². The number of rotatable bonds is 7. The first-order valence-corrected chi connectivity index (χ1v) is 8.88. The highest BCUT2D eigenvalue weighted by molar-refractivity contribution is 5.02. The summed E-state index contributed by atoms with van der Waals surface area (Å²) in [6, 6.07) is 0.358. The fourth-order valence-corrected chi connectivity index (χ4v) is 3.32. The average Bonchev–Trinajstić information content (AvgIpc) is 3.22. The Balaban J connectivity index is 1.70. The van der Waals surface area contributed by atoms with E-state index in [9.17, 15) is 0 Å². The first-order valence-electron chi connectivity index (χ1n) is 8.88. The molecule has 0 bridgehead atoms. The molecule has 1 atom stereocenters. The monoisotopic (exact) mass is 317 g/mol. The fraction of sp³-hybridized carbons (Fsp3) is 0.706. The zero-order valence-corrected chi connectivity index (χ0v) is 14.2. The maximum Gasteiger partial charge on any atom is 0.226 e. The molecule has 0 radical (unpaired) electrons. The van der Waals surface area contributed by atoms with Crippen LogP contribution < -0.4 is 0 Å². The van der Waals surface area contributed by atoms with Gasteiger partial charge in [0.15, 0.2) is 5.82 Å². The molecule has 1 aliphatic rings. The number of hydrogen-bond acceptors (Lipinski definition) is 5. The lowest BCUT2D eigenvalue weighted by atomic mass is 10.0. The van der Waals surface area contributed by atoms with E-state index in [1.54, 1.807) is 0 Å². The topological polar surface area (TPSA) is 60.0 Å². The lowest BCUT2D eigenvalue weighted by Crippen LogP contribution is -2.34. The molecule has 1 fully saturated rings. The maximum absolute atomic E-state index is 5.37. The summed E-state index contributed by atoms with van der Waals surface area (Å²) in [5.41, 5.74) is 0. The van der Waals surface area contributed by atoms with Gasteiger partial charge in [0, 0.05) is 25.4 Å². The van der Waals surface area contributed by atoms with Gasteiger partial charge in [0.2, 0.25) is 5.89 Å². The average molecular weight is 317 g/mol. The summed E-state index contributed by atoms with van der Waals surface area (Å²) in [5, 5.41) is 4.17. The van der Waals surface area contributed by atoms with Gasteiger partial charge in [0.25, 0.3) is 0 Å². The summed E-state index contributed by atoms with van der Waals surface area (Å²) in [7, 11) is 0. The summed E-state index contributed by atoms with van der Waals surface area (Å²) in [5.74, 6) is 2.74. The second kappa shape index (κ2) is 7.73. The van der Waals surface area contributed by atoms with Crippen molar-refractivity contribution in [3.05, 3.63) is 29.9 Å².